The molecule has 1 fully saturated rings. The van der Waals surface area contributed by atoms with Crippen molar-refractivity contribution in [2.75, 3.05) is 19.5 Å². The second-order valence-electron chi connectivity index (χ2n) is 6.73. The molecule has 0 spiro atoms. The normalized spacial score (nSPS) is 21.2. The fourth-order valence-corrected chi connectivity index (χ4v) is 3.46. The lowest BCUT2D eigenvalue weighted by atomic mass is 9.87. The molecule has 0 radical (unpaired) electrons. The molecule has 1 amide bonds. The number of ether oxygens (including phenoxy) is 2. The van der Waals surface area contributed by atoms with Crippen LogP contribution in [0.5, 0.6) is 0 Å². The van der Waals surface area contributed by atoms with Crippen LogP contribution in [-0.4, -0.2) is 42.0 Å². The van der Waals surface area contributed by atoms with Gasteiger partial charge in [-0.2, -0.15) is 5.10 Å². The van der Waals surface area contributed by atoms with Gasteiger partial charge in [0.1, 0.15) is 0 Å². The number of rotatable bonds is 6. The minimum Gasteiger partial charge on any atom is -0.464 e. The van der Waals surface area contributed by atoms with E-state index in [1.807, 2.05) is 0 Å². The molecule has 1 N–H and O–H groups in total. The summed E-state index contributed by atoms with van der Waals surface area (Å²) in [6.07, 6.45) is 10.2. The van der Waals surface area contributed by atoms with Crippen molar-refractivity contribution in [3.05, 3.63) is 11.9 Å². The molecule has 0 bridgehead atoms. The lowest BCUT2D eigenvalue weighted by Gasteiger charge is -2.23. The van der Waals surface area contributed by atoms with Crippen LogP contribution >= 0.6 is 0 Å². The molecule has 1 aliphatic carbocycles. The first-order valence-corrected chi connectivity index (χ1v) is 8.98. The Morgan fingerprint density at radius 3 is 2.52 bits per heavy atom. The van der Waals surface area contributed by atoms with Crippen LogP contribution in [0.1, 0.15) is 61.9 Å². The van der Waals surface area contributed by atoms with Gasteiger partial charge in [0.05, 0.1) is 18.9 Å². The average molecular weight is 351 g/mol. The van der Waals surface area contributed by atoms with Crippen LogP contribution in [0.15, 0.2) is 6.20 Å². The number of methoxy groups -OCH3 is 2. The first kappa shape index (κ1) is 19.4. The number of aryl methyl sites for hydroxylation is 1. The molecule has 140 valence electrons. The summed E-state index contributed by atoms with van der Waals surface area (Å²) in [5, 5.41) is 6.83. The van der Waals surface area contributed by atoms with Crippen molar-refractivity contribution in [1.82, 2.24) is 9.78 Å². The minimum atomic E-state index is -0.552. The molecule has 7 heteroatoms. The SMILES string of the molecule is COC(=O)c1nn(C)cc1NC(=O)CCC1CCCC(OC)CCC1. The molecular formula is C18H29N3O4. The van der Waals surface area contributed by atoms with E-state index in [9.17, 15) is 9.59 Å². The van der Waals surface area contributed by atoms with Gasteiger partial charge in [0.15, 0.2) is 5.69 Å². The second kappa shape index (κ2) is 9.56. The van der Waals surface area contributed by atoms with Crippen LogP contribution in [0.4, 0.5) is 5.69 Å². The van der Waals surface area contributed by atoms with Crippen molar-refractivity contribution in [2.45, 2.75) is 57.5 Å². The van der Waals surface area contributed by atoms with E-state index < -0.39 is 5.97 Å². The number of aromatic nitrogens is 2. The van der Waals surface area contributed by atoms with Gasteiger partial charge in [-0.15, -0.1) is 0 Å². The van der Waals surface area contributed by atoms with Gasteiger partial charge in [-0.3, -0.25) is 9.48 Å². The molecule has 1 aliphatic rings. The highest BCUT2D eigenvalue weighted by molar-refractivity contribution is 5.99. The molecule has 0 saturated heterocycles. The van der Waals surface area contributed by atoms with Gasteiger partial charge in [-0.05, 0) is 25.2 Å². The molecule has 1 aromatic heterocycles. The lowest BCUT2D eigenvalue weighted by molar-refractivity contribution is -0.116. The van der Waals surface area contributed by atoms with E-state index in [2.05, 4.69) is 10.4 Å². The fourth-order valence-electron chi connectivity index (χ4n) is 3.46. The zero-order valence-corrected chi connectivity index (χ0v) is 15.4. The molecule has 25 heavy (non-hydrogen) atoms. The van der Waals surface area contributed by atoms with Gasteiger partial charge in [0.25, 0.3) is 0 Å². The van der Waals surface area contributed by atoms with Gasteiger partial charge in [0, 0.05) is 26.8 Å². The molecule has 2 rings (SSSR count). The van der Waals surface area contributed by atoms with Crippen LogP contribution in [0.3, 0.4) is 0 Å². The zero-order chi connectivity index (χ0) is 18.2. The van der Waals surface area contributed by atoms with Gasteiger partial charge in [-0.1, -0.05) is 25.7 Å². The molecule has 0 aliphatic heterocycles. The fraction of sp³-hybridized carbons (Fsp3) is 0.722. The van der Waals surface area contributed by atoms with Crippen molar-refractivity contribution in [3.63, 3.8) is 0 Å². The maximum atomic E-state index is 12.3. The average Bonchev–Trinajstić information content (AvgIpc) is 2.93. The van der Waals surface area contributed by atoms with Gasteiger partial charge < -0.3 is 14.8 Å². The van der Waals surface area contributed by atoms with E-state index in [4.69, 9.17) is 9.47 Å². The maximum absolute atomic E-state index is 12.3. The summed E-state index contributed by atoms with van der Waals surface area (Å²) < 4.78 is 11.6. The topological polar surface area (TPSA) is 82.5 Å². The number of esters is 1. The van der Waals surface area contributed by atoms with Gasteiger partial charge in [-0.25, -0.2) is 4.79 Å². The van der Waals surface area contributed by atoms with Crippen LogP contribution in [0, 0.1) is 5.92 Å². The molecule has 0 atom stereocenters. The number of amides is 1. The summed E-state index contributed by atoms with van der Waals surface area (Å²) in [7, 11) is 4.78. The largest absolute Gasteiger partial charge is 0.464 e. The lowest BCUT2D eigenvalue weighted by Crippen LogP contribution is -2.18. The van der Waals surface area contributed by atoms with Crippen LogP contribution in [0.25, 0.3) is 0 Å². The molecule has 0 aromatic carbocycles. The first-order valence-electron chi connectivity index (χ1n) is 8.98. The van der Waals surface area contributed by atoms with Crippen molar-refractivity contribution in [2.24, 2.45) is 13.0 Å². The van der Waals surface area contributed by atoms with Crippen molar-refractivity contribution in [1.29, 1.82) is 0 Å². The molecular weight excluding hydrogens is 322 g/mol. The van der Waals surface area contributed by atoms with E-state index in [0.29, 0.717) is 24.1 Å². The van der Waals surface area contributed by atoms with Crippen LogP contribution in [0.2, 0.25) is 0 Å². The van der Waals surface area contributed by atoms with Crippen molar-refractivity contribution < 1.29 is 19.1 Å². The number of carbonyl (C=O) groups excluding carboxylic acids is 2. The van der Waals surface area contributed by atoms with E-state index in [-0.39, 0.29) is 11.6 Å². The highest BCUT2D eigenvalue weighted by Crippen LogP contribution is 2.27. The molecule has 1 aromatic rings. The Balaban J connectivity index is 1.82. The maximum Gasteiger partial charge on any atom is 0.360 e. The third-order valence-electron chi connectivity index (χ3n) is 4.87. The summed E-state index contributed by atoms with van der Waals surface area (Å²) in [4.78, 5) is 24.0. The zero-order valence-electron chi connectivity index (χ0n) is 15.4. The Labute approximate surface area is 149 Å². The Morgan fingerprint density at radius 2 is 1.92 bits per heavy atom. The van der Waals surface area contributed by atoms with E-state index in [1.54, 1.807) is 20.4 Å². The summed E-state index contributed by atoms with van der Waals surface area (Å²) in [6, 6.07) is 0. The van der Waals surface area contributed by atoms with E-state index >= 15 is 0 Å². The summed E-state index contributed by atoms with van der Waals surface area (Å²) in [5.74, 6) is -0.0591. The summed E-state index contributed by atoms with van der Waals surface area (Å²) in [5.41, 5.74) is 0.537. The quantitative estimate of drug-likeness (QED) is 0.797. The van der Waals surface area contributed by atoms with E-state index in [0.717, 1.165) is 44.9 Å². The van der Waals surface area contributed by atoms with E-state index in [1.165, 1.54) is 11.8 Å². The molecule has 1 saturated carbocycles. The molecule has 7 nitrogen and oxygen atoms in total. The third kappa shape index (κ3) is 5.85. The van der Waals surface area contributed by atoms with Gasteiger partial charge >= 0.3 is 5.97 Å². The highest BCUT2D eigenvalue weighted by Gasteiger charge is 2.20. The third-order valence-corrected chi connectivity index (χ3v) is 4.87. The number of anilines is 1. The summed E-state index contributed by atoms with van der Waals surface area (Å²) >= 11 is 0. The number of hydrogen-bond donors (Lipinski definition) is 1. The first-order chi connectivity index (χ1) is 12.0. The smallest absolute Gasteiger partial charge is 0.360 e. The molecule has 1 heterocycles. The van der Waals surface area contributed by atoms with Crippen molar-refractivity contribution >= 4 is 17.6 Å². The Bertz CT molecular complexity index is 575. The van der Waals surface area contributed by atoms with Crippen LogP contribution < -0.4 is 5.32 Å². The monoisotopic (exact) mass is 351 g/mol. The Hall–Kier alpha value is -1.89. The number of nitrogens with zero attached hydrogens (tertiary/aromatic N) is 2. The predicted molar refractivity (Wildman–Crippen MR) is 94.4 cm³/mol. The Kier molecular flexibility index (Phi) is 7.43. The molecule has 0 unspecified atom stereocenters. The second-order valence-corrected chi connectivity index (χ2v) is 6.73. The predicted octanol–water partition coefficient (Wildman–Crippen LogP) is 2.91. The standard InChI is InChI=1S/C18H29N3O4/c1-21-12-15(17(20-21)18(23)25-3)19-16(22)11-10-13-6-4-8-14(24-2)9-5-7-13/h12-14H,4-11H2,1-3H3,(H,19,22). The Morgan fingerprint density at radius 1 is 1.24 bits per heavy atom. The number of carbonyl (C=O) groups is 2. The summed E-state index contributed by atoms with van der Waals surface area (Å²) in [6.45, 7) is 0. The van der Waals surface area contributed by atoms with Crippen molar-refractivity contribution in [3.8, 4) is 0 Å². The number of hydrogen-bond acceptors (Lipinski definition) is 5. The minimum absolute atomic E-state index is 0.0880. The highest BCUT2D eigenvalue weighted by atomic mass is 16.5. The number of nitrogens with one attached hydrogen (secondary N) is 1. The van der Waals surface area contributed by atoms with Crippen LogP contribution in [-0.2, 0) is 21.3 Å². The van der Waals surface area contributed by atoms with Gasteiger partial charge in [0.2, 0.25) is 5.91 Å².